The van der Waals surface area contributed by atoms with Gasteiger partial charge in [0.25, 0.3) is 0 Å². The Morgan fingerprint density at radius 3 is 2.77 bits per heavy atom. The molecule has 1 heterocycles. The molecule has 0 spiro atoms. The molecule has 0 saturated carbocycles. The van der Waals surface area contributed by atoms with Crippen molar-refractivity contribution in [2.75, 3.05) is 13.2 Å². The first kappa shape index (κ1) is 22.9. The molecule has 1 amide bonds. The summed E-state index contributed by atoms with van der Waals surface area (Å²) in [5.74, 6) is 2.54. The maximum absolute atomic E-state index is 11.8. The van der Waals surface area contributed by atoms with Crippen molar-refractivity contribution in [3.05, 3.63) is 59.4 Å². The molecule has 0 unspecified atom stereocenters. The van der Waals surface area contributed by atoms with Crippen LogP contribution < -0.4 is 10.1 Å². The molecule has 3 rings (SSSR count). The predicted octanol–water partition coefficient (Wildman–Crippen LogP) is 5.40. The third-order valence-corrected chi connectivity index (χ3v) is 5.46. The van der Waals surface area contributed by atoms with E-state index in [4.69, 9.17) is 9.72 Å². The quantitative estimate of drug-likeness (QED) is 0.422. The van der Waals surface area contributed by atoms with Crippen LogP contribution in [0.5, 0.6) is 5.75 Å². The first-order valence-electron chi connectivity index (χ1n) is 11.4. The molecule has 0 fully saturated rings. The second kappa shape index (κ2) is 11.0. The zero-order valence-electron chi connectivity index (χ0n) is 19.3. The first-order valence-corrected chi connectivity index (χ1v) is 11.4. The predicted molar refractivity (Wildman–Crippen MR) is 127 cm³/mol. The van der Waals surface area contributed by atoms with Crippen LogP contribution in [0.2, 0.25) is 0 Å². The van der Waals surface area contributed by atoms with Gasteiger partial charge in [-0.3, -0.25) is 4.79 Å². The molecule has 0 aliphatic heterocycles. The van der Waals surface area contributed by atoms with Gasteiger partial charge in [0.1, 0.15) is 11.6 Å². The highest BCUT2D eigenvalue weighted by molar-refractivity contribution is 5.76. The Morgan fingerprint density at radius 2 is 2.00 bits per heavy atom. The Morgan fingerprint density at radius 1 is 1.19 bits per heavy atom. The second-order valence-electron chi connectivity index (χ2n) is 8.42. The van der Waals surface area contributed by atoms with E-state index in [1.165, 1.54) is 11.1 Å². The van der Waals surface area contributed by atoms with Crippen molar-refractivity contribution >= 4 is 16.9 Å². The molecule has 0 aliphatic carbocycles. The van der Waals surface area contributed by atoms with Crippen LogP contribution >= 0.6 is 0 Å². The highest BCUT2D eigenvalue weighted by atomic mass is 16.5. The second-order valence-corrected chi connectivity index (χ2v) is 8.42. The number of ether oxygens (including phenoxy) is 1. The fourth-order valence-corrected chi connectivity index (χ4v) is 3.84. The number of aromatic nitrogens is 2. The maximum atomic E-state index is 11.8. The van der Waals surface area contributed by atoms with Crippen molar-refractivity contribution in [2.24, 2.45) is 0 Å². The lowest BCUT2D eigenvalue weighted by Gasteiger charge is -2.15. The van der Waals surface area contributed by atoms with Crippen LogP contribution in [0.4, 0.5) is 0 Å². The Labute approximate surface area is 185 Å². The molecule has 5 heteroatoms. The normalized spacial score (nSPS) is 11.3. The van der Waals surface area contributed by atoms with Gasteiger partial charge in [0.15, 0.2) is 0 Å². The molecular formula is C26H35N3O2. The number of imidazole rings is 1. The maximum Gasteiger partial charge on any atom is 0.219 e. The van der Waals surface area contributed by atoms with Gasteiger partial charge >= 0.3 is 0 Å². The number of fused-ring (bicyclic) bond motifs is 1. The molecule has 31 heavy (non-hydrogen) atoms. The zero-order valence-corrected chi connectivity index (χ0v) is 19.3. The van der Waals surface area contributed by atoms with Crippen molar-refractivity contribution < 1.29 is 9.53 Å². The van der Waals surface area contributed by atoms with Crippen molar-refractivity contribution in [1.82, 2.24) is 14.9 Å². The van der Waals surface area contributed by atoms with Crippen molar-refractivity contribution in [3.8, 4) is 5.75 Å². The Balaban J connectivity index is 1.64. The number of para-hydroxylation sites is 2. The molecule has 166 valence electrons. The van der Waals surface area contributed by atoms with E-state index in [9.17, 15) is 4.79 Å². The van der Waals surface area contributed by atoms with Crippen LogP contribution in [0.1, 0.15) is 62.9 Å². The van der Waals surface area contributed by atoms with E-state index in [0.29, 0.717) is 25.5 Å². The van der Waals surface area contributed by atoms with E-state index in [0.717, 1.165) is 48.4 Å². The summed E-state index contributed by atoms with van der Waals surface area (Å²) in [4.78, 5) is 16.6. The van der Waals surface area contributed by atoms with Gasteiger partial charge in [-0.2, -0.15) is 0 Å². The van der Waals surface area contributed by atoms with Crippen LogP contribution in [0.3, 0.4) is 0 Å². The number of nitrogens with zero attached hydrogens (tertiary/aromatic N) is 2. The summed E-state index contributed by atoms with van der Waals surface area (Å²) in [6.45, 7) is 10.6. The van der Waals surface area contributed by atoms with Gasteiger partial charge in [-0.1, -0.05) is 45.0 Å². The lowest BCUT2D eigenvalue weighted by atomic mass is 10.0. The number of carbonyl (C=O) groups excluding carboxylic acids is 1. The Bertz CT molecular complexity index is 1010. The van der Waals surface area contributed by atoms with Crippen molar-refractivity contribution in [3.63, 3.8) is 0 Å². The molecular weight excluding hydrogens is 386 g/mol. The first-order chi connectivity index (χ1) is 15.0. The van der Waals surface area contributed by atoms with E-state index in [2.05, 4.69) is 54.9 Å². The third kappa shape index (κ3) is 6.09. The number of hydrogen-bond donors (Lipinski definition) is 1. The topological polar surface area (TPSA) is 56.2 Å². The number of nitrogens with one attached hydrogen (secondary N) is 1. The monoisotopic (exact) mass is 421 g/mol. The minimum absolute atomic E-state index is 0.109. The Kier molecular flexibility index (Phi) is 8.10. The average molecular weight is 422 g/mol. The minimum Gasteiger partial charge on any atom is -0.493 e. The highest BCUT2D eigenvalue weighted by Crippen LogP contribution is 2.27. The van der Waals surface area contributed by atoms with Crippen LogP contribution in [0.15, 0.2) is 42.5 Å². The van der Waals surface area contributed by atoms with Gasteiger partial charge in [0, 0.05) is 25.9 Å². The lowest BCUT2D eigenvalue weighted by Crippen LogP contribution is -2.26. The molecule has 1 N–H and O–H groups in total. The summed E-state index contributed by atoms with van der Waals surface area (Å²) >= 11 is 0. The van der Waals surface area contributed by atoms with Crippen molar-refractivity contribution in [2.45, 2.75) is 65.8 Å². The van der Waals surface area contributed by atoms with Crippen LogP contribution in [0, 0.1) is 6.92 Å². The SMILES string of the molecule is CCCC(=O)NCCc1nc2ccccc2n1CCCOc1cc(C)ccc1C(C)C. The Hall–Kier alpha value is -2.82. The van der Waals surface area contributed by atoms with Gasteiger partial charge < -0.3 is 14.6 Å². The molecule has 0 aliphatic rings. The molecule has 0 radical (unpaired) electrons. The summed E-state index contributed by atoms with van der Waals surface area (Å²) in [5, 5.41) is 3.00. The molecule has 5 nitrogen and oxygen atoms in total. The zero-order chi connectivity index (χ0) is 22.2. The fraction of sp³-hybridized carbons (Fsp3) is 0.462. The number of amides is 1. The van der Waals surface area contributed by atoms with Gasteiger partial charge in [-0.15, -0.1) is 0 Å². The van der Waals surface area contributed by atoms with E-state index < -0.39 is 0 Å². The molecule has 1 aromatic heterocycles. The largest absolute Gasteiger partial charge is 0.493 e. The number of benzene rings is 2. The van der Waals surface area contributed by atoms with E-state index >= 15 is 0 Å². The van der Waals surface area contributed by atoms with Gasteiger partial charge in [0.05, 0.1) is 17.6 Å². The summed E-state index contributed by atoms with van der Waals surface area (Å²) in [6.07, 6.45) is 3.05. The van der Waals surface area contributed by atoms with E-state index in [-0.39, 0.29) is 5.91 Å². The van der Waals surface area contributed by atoms with Crippen LogP contribution in [0.25, 0.3) is 11.0 Å². The fourth-order valence-electron chi connectivity index (χ4n) is 3.84. The van der Waals surface area contributed by atoms with Crippen LogP contribution in [-0.2, 0) is 17.8 Å². The molecule has 0 bridgehead atoms. The number of carbonyl (C=O) groups is 1. The highest BCUT2D eigenvalue weighted by Gasteiger charge is 2.12. The van der Waals surface area contributed by atoms with Gasteiger partial charge in [-0.05, 0) is 55.0 Å². The number of hydrogen-bond acceptors (Lipinski definition) is 3. The summed E-state index contributed by atoms with van der Waals surface area (Å²) in [5.41, 5.74) is 4.60. The molecule has 2 aromatic carbocycles. The van der Waals surface area contributed by atoms with Crippen molar-refractivity contribution in [1.29, 1.82) is 0 Å². The van der Waals surface area contributed by atoms with Gasteiger partial charge in [0.2, 0.25) is 5.91 Å². The number of rotatable bonds is 11. The average Bonchev–Trinajstić information content (AvgIpc) is 3.08. The van der Waals surface area contributed by atoms with E-state index in [1.54, 1.807) is 0 Å². The minimum atomic E-state index is 0.109. The third-order valence-electron chi connectivity index (χ3n) is 5.46. The summed E-state index contributed by atoms with van der Waals surface area (Å²) in [7, 11) is 0. The standard InChI is InChI=1S/C26H35N3O2/c1-5-9-26(30)27-15-14-25-28-22-10-6-7-11-23(22)29(25)16-8-17-31-24-18-20(4)12-13-21(24)19(2)3/h6-7,10-13,18-19H,5,8-9,14-17H2,1-4H3,(H,27,30). The lowest BCUT2D eigenvalue weighted by molar-refractivity contribution is -0.121. The smallest absolute Gasteiger partial charge is 0.219 e. The molecule has 0 atom stereocenters. The number of aryl methyl sites for hydroxylation is 2. The van der Waals surface area contributed by atoms with Gasteiger partial charge in [-0.25, -0.2) is 4.98 Å². The molecule has 0 saturated heterocycles. The van der Waals surface area contributed by atoms with E-state index in [1.807, 2.05) is 25.1 Å². The molecule has 3 aromatic rings. The van der Waals surface area contributed by atoms with Crippen LogP contribution in [-0.4, -0.2) is 28.6 Å². The summed E-state index contributed by atoms with van der Waals surface area (Å²) < 4.78 is 8.45. The summed E-state index contributed by atoms with van der Waals surface area (Å²) in [6, 6.07) is 14.7.